The fourth-order valence-corrected chi connectivity index (χ4v) is 2.94. The number of carbonyl (C=O) groups excluding carboxylic acids is 1. The molecular weight excluding hydrogens is 234 g/mol. The van der Waals surface area contributed by atoms with Gasteiger partial charge >= 0.3 is 0 Å². The molecule has 1 aromatic rings. The number of amides is 1. The molecule has 0 aromatic carbocycles. The number of rotatable bonds is 5. The molecule has 2 heterocycles. The summed E-state index contributed by atoms with van der Waals surface area (Å²) in [6.07, 6.45) is 3.58. The third-order valence-corrected chi connectivity index (χ3v) is 3.91. The van der Waals surface area contributed by atoms with Gasteiger partial charge in [-0.25, -0.2) is 4.98 Å². The van der Waals surface area contributed by atoms with Crippen LogP contribution in [-0.4, -0.2) is 24.0 Å². The first-order valence-electron chi connectivity index (χ1n) is 6.24. The third-order valence-electron chi connectivity index (χ3n) is 2.81. The van der Waals surface area contributed by atoms with E-state index < -0.39 is 0 Å². The molecule has 0 atom stereocenters. The SMILES string of the molecule is CCCCNC(=O)Cc1nc2c(s1)CNCC2. The highest BCUT2D eigenvalue weighted by molar-refractivity contribution is 7.11. The predicted octanol–water partition coefficient (Wildman–Crippen LogP) is 1.25. The molecule has 2 rings (SSSR count). The molecule has 5 heteroatoms. The fraction of sp³-hybridized carbons (Fsp3) is 0.667. The highest BCUT2D eigenvalue weighted by Crippen LogP contribution is 2.21. The van der Waals surface area contributed by atoms with Crippen molar-refractivity contribution in [2.45, 2.75) is 39.2 Å². The van der Waals surface area contributed by atoms with Crippen LogP contribution < -0.4 is 10.6 Å². The molecule has 0 saturated heterocycles. The van der Waals surface area contributed by atoms with E-state index in [9.17, 15) is 4.79 Å². The molecule has 0 unspecified atom stereocenters. The van der Waals surface area contributed by atoms with Gasteiger partial charge < -0.3 is 10.6 Å². The van der Waals surface area contributed by atoms with E-state index in [0.29, 0.717) is 6.42 Å². The van der Waals surface area contributed by atoms with Gasteiger partial charge in [-0.3, -0.25) is 4.79 Å². The van der Waals surface area contributed by atoms with Crippen molar-refractivity contribution in [3.8, 4) is 0 Å². The van der Waals surface area contributed by atoms with Crippen LogP contribution in [0.4, 0.5) is 0 Å². The number of hydrogen-bond donors (Lipinski definition) is 2. The molecule has 0 saturated carbocycles. The van der Waals surface area contributed by atoms with Crippen LogP contribution in [0, 0.1) is 0 Å². The van der Waals surface area contributed by atoms with E-state index >= 15 is 0 Å². The quantitative estimate of drug-likeness (QED) is 0.777. The van der Waals surface area contributed by atoms with Gasteiger partial charge in [-0.2, -0.15) is 0 Å². The average Bonchev–Trinajstić information content (AvgIpc) is 2.71. The molecule has 17 heavy (non-hydrogen) atoms. The third kappa shape index (κ3) is 3.51. The van der Waals surface area contributed by atoms with E-state index in [4.69, 9.17) is 0 Å². The molecular formula is C12H19N3OS. The van der Waals surface area contributed by atoms with Crippen molar-refractivity contribution in [3.63, 3.8) is 0 Å². The smallest absolute Gasteiger partial charge is 0.226 e. The molecule has 0 spiro atoms. The van der Waals surface area contributed by atoms with Gasteiger partial charge in [-0.15, -0.1) is 11.3 Å². The van der Waals surface area contributed by atoms with Gasteiger partial charge in [0.1, 0.15) is 5.01 Å². The summed E-state index contributed by atoms with van der Waals surface area (Å²) < 4.78 is 0. The van der Waals surface area contributed by atoms with Crippen LogP contribution in [0.2, 0.25) is 0 Å². The molecule has 1 aliphatic rings. The Morgan fingerprint density at radius 1 is 1.59 bits per heavy atom. The Balaban J connectivity index is 1.86. The van der Waals surface area contributed by atoms with Crippen LogP contribution in [0.1, 0.15) is 35.3 Å². The predicted molar refractivity (Wildman–Crippen MR) is 69.1 cm³/mol. The van der Waals surface area contributed by atoms with Gasteiger partial charge in [0.2, 0.25) is 5.91 Å². The minimum absolute atomic E-state index is 0.0949. The molecule has 0 fully saturated rings. The van der Waals surface area contributed by atoms with E-state index in [-0.39, 0.29) is 5.91 Å². The van der Waals surface area contributed by atoms with Gasteiger partial charge in [0.25, 0.3) is 0 Å². The number of hydrogen-bond acceptors (Lipinski definition) is 4. The molecule has 0 aliphatic carbocycles. The van der Waals surface area contributed by atoms with Gasteiger partial charge in [0.05, 0.1) is 12.1 Å². The van der Waals surface area contributed by atoms with Crippen molar-refractivity contribution in [2.75, 3.05) is 13.1 Å². The zero-order valence-electron chi connectivity index (χ0n) is 10.2. The van der Waals surface area contributed by atoms with Gasteiger partial charge in [-0.05, 0) is 6.42 Å². The van der Waals surface area contributed by atoms with Gasteiger partial charge in [0.15, 0.2) is 0 Å². The lowest BCUT2D eigenvalue weighted by molar-refractivity contribution is -0.120. The average molecular weight is 253 g/mol. The second-order valence-corrected chi connectivity index (χ2v) is 5.45. The monoisotopic (exact) mass is 253 g/mol. The summed E-state index contributed by atoms with van der Waals surface area (Å²) in [5, 5.41) is 7.20. The summed E-state index contributed by atoms with van der Waals surface area (Å²) >= 11 is 1.67. The Kier molecular flexibility index (Phi) is 4.50. The zero-order chi connectivity index (χ0) is 12.1. The topological polar surface area (TPSA) is 54.0 Å². The van der Waals surface area contributed by atoms with Crippen LogP contribution in [-0.2, 0) is 24.2 Å². The molecule has 1 aliphatic heterocycles. The first-order chi connectivity index (χ1) is 8.29. The Morgan fingerprint density at radius 2 is 2.47 bits per heavy atom. The second-order valence-electron chi connectivity index (χ2n) is 4.28. The van der Waals surface area contributed by atoms with Crippen LogP contribution in [0.3, 0.4) is 0 Å². The molecule has 0 bridgehead atoms. The number of carbonyl (C=O) groups is 1. The maximum absolute atomic E-state index is 11.6. The molecule has 1 aromatic heterocycles. The molecule has 2 N–H and O–H groups in total. The van der Waals surface area contributed by atoms with Gasteiger partial charge in [0, 0.05) is 30.9 Å². The minimum atomic E-state index is 0.0949. The minimum Gasteiger partial charge on any atom is -0.356 e. The fourth-order valence-electron chi connectivity index (χ4n) is 1.86. The summed E-state index contributed by atoms with van der Waals surface area (Å²) in [6, 6.07) is 0. The van der Waals surface area contributed by atoms with E-state index in [2.05, 4.69) is 22.5 Å². The van der Waals surface area contributed by atoms with E-state index in [1.165, 1.54) is 10.6 Å². The number of aromatic nitrogens is 1. The summed E-state index contributed by atoms with van der Waals surface area (Å²) in [5.74, 6) is 0.0949. The maximum atomic E-state index is 11.6. The molecule has 0 radical (unpaired) electrons. The van der Waals surface area contributed by atoms with Crippen molar-refractivity contribution in [1.29, 1.82) is 0 Å². The summed E-state index contributed by atoms with van der Waals surface area (Å²) in [7, 11) is 0. The lowest BCUT2D eigenvalue weighted by atomic mass is 10.2. The Bertz CT molecular complexity index is 366. The van der Waals surface area contributed by atoms with Gasteiger partial charge in [-0.1, -0.05) is 13.3 Å². The summed E-state index contributed by atoms with van der Waals surface area (Å²) in [6.45, 7) is 4.80. The van der Waals surface area contributed by atoms with E-state index in [1.807, 2.05) is 0 Å². The summed E-state index contributed by atoms with van der Waals surface area (Å²) in [4.78, 5) is 17.5. The first-order valence-corrected chi connectivity index (χ1v) is 7.06. The Hall–Kier alpha value is -0.940. The van der Waals surface area contributed by atoms with Crippen LogP contribution >= 0.6 is 11.3 Å². The van der Waals surface area contributed by atoms with Crippen molar-refractivity contribution >= 4 is 17.2 Å². The zero-order valence-corrected chi connectivity index (χ0v) is 11.0. The van der Waals surface area contributed by atoms with Crippen molar-refractivity contribution in [2.24, 2.45) is 0 Å². The highest BCUT2D eigenvalue weighted by atomic mass is 32.1. The maximum Gasteiger partial charge on any atom is 0.226 e. The van der Waals surface area contributed by atoms with Crippen LogP contribution in [0.15, 0.2) is 0 Å². The molecule has 4 nitrogen and oxygen atoms in total. The van der Waals surface area contributed by atoms with Crippen LogP contribution in [0.5, 0.6) is 0 Å². The summed E-state index contributed by atoms with van der Waals surface area (Å²) in [5.41, 5.74) is 1.19. The van der Waals surface area contributed by atoms with Crippen molar-refractivity contribution in [1.82, 2.24) is 15.6 Å². The largest absolute Gasteiger partial charge is 0.356 e. The number of nitrogens with zero attached hydrogens (tertiary/aromatic N) is 1. The standard InChI is InChI=1S/C12H19N3OS/c1-2-3-5-14-11(16)7-12-15-9-4-6-13-8-10(9)17-12/h13H,2-8H2,1H3,(H,14,16). The number of thiazole rings is 1. The Morgan fingerprint density at radius 3 is 3.24 bits per heavy atom. The van der Waals surface area contributed by atoms with Crippen LogP contribution in [0.25, 0.3) is 0 Å². The number of fused-ring (bicyclic) bond motifs is 1. The second kappa shape index (κ2) is 6.12. The molecule has 94 valence electrons. The number of nitrogens with one attached hydrogen (secondary N) is 2. The van der Waals surface area contributed by atoms with E-state index in [1.54, 1.807) is 11.3 Å². The Labute approximate surface area is 106 Å². The number of unbranched alkanes of at least 4 members (excludes halogenated alkanes) is 1. The lowest BCUT2D eigenvalue weighted by Crippen LogP contribution is -2.25. The normalized spacial score (nSPS) is 14.4. The van der Waals surface area contributed by atoms with Crippen molar-refractivity contribution < 1.29 is 4.79 Å². The first kappa shape index (κ1) is 12.5. The van der Waals surface area contributed by atoms with Crippen molar-refractivity contribution in [3.05, 3.63) is 15.6 Å². The lowest BCUT2D eigenvalue weighted by Gasteiger charge is -2.09. The molecule has 1 amide bonds. The van der Waals surface area contributed by atoms with E-state index in [0.717, 1.165) is 43.9 Å². The highest BCUT2D eigenvalue weighted by Gasteiger charge is 2.16.